The lowest BCUT2D eigenvalue weighted by Crippen LogP contribution is -2.24. The van der Waals surface area contributed by atoms with Gasteiger partial charge in [-0.2, -0.15) is 0 Å². The lowest BCUT2D eigenvalue weighted by molar-refractivity contribution is -0.120. The minimum Gasteiger partial charge on any atom is -0.454 e. The summed E-state index contributed by atoms with van der Waals surface area (Å²) in [4.78, 5) is 12.3. The van der Waals surface area contributed by atoms with E-state index in [1.807, 2.05) is 43.6 Å². The molecule has 1 aliphatic rings. The van der Waals surface area contributed by atoms with Crippen LogP contribution in [0.1, 0.15) is 11.1 Å². The Balaban J connectivity index is 1.43. The summed E-state index contributed by atoms with van der Waals surface area (Å²) in [7, 11) is 2.00. The first-order valence-corrected chi connectivity index (χ1v) is 7.89. The first kappa shape index (κ1) is 14.6. The maximum atomic E-state index is 12.3. The molecule has 0 unspecified atom stereocenters. The fourth-order valence-electron chi connectivity index (χ4n) is 3.05. The molecule has 1 aliphatic heterocycles. The lowest BCUT2D eigenvalue weighted by atomic mass is 10.1. The summed E-state index contributed by atoms with van der Waals surface area (Å²) < 4.78 is 12.7. The predicted molar refractivity (Wildman–Crippen MR) is 91.0 cm³/mol. The highest BCUT2D eigenvalue weighted by molar-refractivity contribution is 5.89. The number of carbonyl (C=O) groups excluding carboxylic acids is 1. The summed E-state index contributed by atoms with van der Waals surface area (Å²) in [5, 5.41) is 4.09. The highest BCUT2D eigenvalue weighted by atomic mass is 16.7. The maximum absolute atomic E-state index is 12.3. The van der Waals surface area contributed by atoms with E-state index in [1.165, 1.54) is 0 Å². The number of aromatic nitrogens is 1. The quantitative estimate of drug-likeness (QED) is 0.803. The van der Waals surface area contributed by atoms with Crippen molar-refractivity contribution in [3.05, 3.63) is 59.8 Å². The molecule has 1 amide bonds. The van der Waals surface area contributed by atoms with Gasteiger partial charge in [-0.25, -0.2) is 0 Å². The molecule has 1 N–H and O–H groups in total. The van der Waals surface area contributed by atoms with Crippen molar-refractivity contribution in [2.45, 2.75) is 13.0 Å². The van der Waals surface area contributed by atoms with E-state index in [0.717, 1.165) is 33.5 Å². The van der Waals surface area contributed by atoms with Gasteiger partial charge in [0, 0.05) is 30.7 Å². The van der Waals surface area contributed by atoms with E-state index in [-0.39, 0.29) is 12.7 Å². The number of nitrogens with one attached hydrogen (secondary N) is 1. The van der Waals surface area contributed by atoms with Gasteiger partial charge in [-0.3, -0.25) is 4.79 Å². The summed E-state index contributed by atoms with van der Waals surface area (Å²) in [5.41, 5.74) is 3.16. The fourth-order valence-corrected chi connectivity index (χ4v) is 3.05. The van der Waals surface area contributed by atoms with Crippen LogP contribution >= 0.6 is 0 Å². The fraction of sp³-hybridized carbons (Fsp3) is 0.211. The lowest BCUT2D eigenvalue weighted by Gasteiger charge is -2.06. The monoisotopic (exact) mass is 322 g/mol. The van der Waals surface area contributed by atoms with Crippen LogP contribution in [0.3, 0.4) is 0 Å². The molecule has 0 radical (unpaired) electrons. The molecule has 2 heterocycles. The molecular weight excluding hydrogens is 304 g/mol. The third kappa shape index (κ3) is 2.69. The van der Waals surface area contributed by atoms with Crippen LogP contribution in [0.5, 0.6) is 11.5 Å². The minimum atomic E-state index is 0.00372. The molecule has 4 rings (SSSR count). The van der Waals surface area contributed by atoms with Crippen molar-refractivity contribution in [3.63, 3.8) is 0 Å². The van der Waals surface area contributed by atoms with E-state index >= 15 is 0 Å². The molecule has 0 bridgehead atoms. The average Bonchev–Trinajstić information content (AvgIpc) is 3.18. The zero-order valence-corrected chi connectivity index (χ0v) is 13.4. The Hall–Kier alpha value is -2.95. The van der Waals surface area contributed by atoms with Gasteiger partial charge in [0.25, 0.3) is 0 Å². The van der Waals surface area contributed by atoms with Crippen LogP contribution in [-0.2, 0) is 24.8 Å². The number of benzene rings is 2. The SMILES string of the molecule is Cn1cc(CC(=O)NCc2ccc3c(c2)OCO3)c2ccccc21. The van der Waals surface area contributed by atoms with Crippen LogP contribution < -0.4 is 14.8 Å². The van der Waals surface area contributed by atoms with Gasteiger partial charge in [0.1, 0.15) is 0 Å². The maximum Gasteiger partial charge on any atom is 0.231 e. The molecule has 24 heavy (non-hydrogen) atoms. The van der Waals surface area contributed by atoms with E-state index < -0.39 is 0 Å². The van der Waals surface area contributed by atoms with Gasteiger partial charge in [0.15, 0.2) is 11.5 Å². The van der Waals surface area contributed by atoms with Gasteiger partial charge in [-0.05, 0) is 29.3 Å². The first-order chi connectivity index (χ1) is 11.7. The molecule has 0 aliphatic carbocycles. The van der Waals surface area contributed by atoms with Gasteiger partial charge < -0.3 is 19.4 Å². The Morgan fingerprint density at radius 3 is 2.92 bits per heavy atom. The Morgan fingerprint density at radius 2 is 2.00 bits per heavy atom. The molecule has 3 aromatic rings. The van der Waals surface area contributed by atoms with Gasteiger partial charge >= 0.3 is 0 Å². The van der Waals surface area contributed by atoms with Crippen molar-refractivity contribution in [2.75, 3.05) is 6.79 Å². The van der Waals surface area contributed by atoms with Crippen LogP contribution in [0.25, 0.3) is 10.9 Å². The highest BCUT2D eigenvalue weighted by Gasteiger charge is 2.14. The minimum absolute atomic E-state index is 0.00372. The Kier molecular flexibility index (Phi) is 3.61. The Labute approximate surface area is 139 Å². The summed E-state index contributed by atoms with van der Waals surface area (Å²) in [6, 6.07) is 13.8. The smallest absolute Gasteiger partial charge is 0.231 e. The van der Waals surface area contributed by atoms with Gasteiger partial charge in [-0.15, -0.1) is 0 Å². The second-order valence-electron chi connectivity index (χ2n) is 5.92. The standard InChI is InChI=1S/C19H18N2O3/c1-21-11-14(15-4-2-3-5-16(15)21)9-19(22)20-10-13-6-7-17-18(8-13)24-12-23-17/h2-8,11H,9-10,12H2,1H3,(H,20,22). The zero-order valence-electron chi connectivity index (χ0n) is 13.4. The van der Waals surface area contributed by atoms with Crippen LogP contribution in [0.4, 0.5) is 0 Å². The first-order valence-electron chi connectivity index (χ1n) is 7.89. The Morgan fingerprint density at radius 1 is 1.17 bits per heavy atom. The van der Waals surface area contributed by atoms with Gasteiger partial charge in [-0.1, -0.05) is 24.3 Å². The van der Waals surface area contributed by atoms with Crippen molar-refractivity contribution >= 4 is 16.8 Å². The van der Waals surface area contributed by atoms with Crippen LogP contribution in [0, 0.1) is 0 Å². The predicted octanol–water partition coefficient (Wildman–Crippen LogP) is 2.77. The summed E-state index contributed by atoms with van der Waals surface area (Å²) in [5.74, 6) is 1.49. The van der Waals surface area contributed by atoms with Crippen molar-refractivity contribution in [3.8, 4) is 11.5 Å². The molecule has 0 fully saturated rings. The molecule has 0 spiro atoms. The van der Waals surface area contributed by atoms with Crippen molar-refractivity contribution < 1.29 is 14.3 Å². The molecule has 0 saturated heterocycles. The van der Waals surface area contributed by atoms with Crippen LogP contribution in [-0.4, -0.2) is 17.3 Å². The second-order valence-corrected chi connectivity index (χ2v) is 5.92. The normalized spacial score (nSPS) is 12.5. The van der Waals surface area contributed by atoms with E-state index in [2.05, 4.69) is 22.0 Å². The topological polar surface area (TPSA) is 52.5 Å². The molecular formula is C19H18N2O3. The van der Waals surface area contributed by atoms with Gasteiger partial charge in [0.05, 0.1) is 6.42 Å². The second kappa shape index (κ2) is 5.92. The molecule has 5 heteroatoms. The number of ether oxygens (including phenoxy) is 2. The largest absolute Gasteiger partial charge is 0.454 e. The number of hydrogen-bond donors (Lipinski definition) is 1. The van der Waals surface area contributed by atoms with E-state index in [9.17, 15) is 4.79 Å². The molecule has 1 aromatic heterocycles. The number of nitrogens with zero attached hydrogens (tertiary/aromatic N) is 1. The Bertz CT molecular complexity index is 914. The summed E-state index contributed by atoms with van der Waals surface area (Å²) in [6.07, 6.45) is 2.39. The number of para-hydroxylation sites is 1. The van der Waals surface area contributed by atoms with E-state index in [1.54, 1.807) is 0 Å². The van der Waals surface area contributed by atoms with Gasteiger partial charge in [0.2, 0.25) is 12.7 Å². The van der Waals surface area contributed by atoms with Crippen LogP contribution in [0.15, 0.2) is 48.7 Å². The third-order valence-corrected chi connectivity index (χ3v) is 4.26. The molecule has 0 saturated carbocycles. The van der Waals surface area contributed by atoms with Crippen molar-refractivity contribution in [1.82, 2.24) is 9.88 Å². The van der Waals surface area contributed by atoms with E-state index in [0.29, 0.717) is 13.0 Å². The molecule has 5 nitrogen and oxygen atoms in total. The number of fused-ring (bicyclic) bond motifs is 2. The van der Waals surface area contributed by atoms with Crippen molar-refractivity contribution in [2.24, 2.45) is 7.05 Å². The van der Waals surface area contributed by atoms with Crippen molar-refractivity contribution in [1.29, 1.82) is 0 Å². The highest BCUT2D eigenvalue weighted by Crippen LogP contribution is 2.32. The third-order valence-electron chi connectivity index (χ3n) is 4.26. The molecule has 2 aromatic carbocycles. The number of amides is 1. The zero-order chi connectivity index (χ0) is 16.5. The number of carbonyl (C=O) groups is 1. The number of hydrogen-bond acceptors (Lipinski definition) is 3. The molecule has 0 atom stereocenters. The summed E-state index contributed by atoms with van der Waals surface area (Å²) in [6.45, 7) is 0.729. The molecule has 122 valence electrons. The number of aryl methyl sites for hydroxylation is 1. The number of rotatable bonds is 4. The van der Waals surface area contributed by atoms with Crippen LogP contribution in [0.2, 0.25) is 0 Å². The summed E-state index contributed by atoms with van der Waals surface area (Å²) >= 11 is 0. The van der Waals surface area contributed by atoms with E-state index in [4.69, 9.17) is 9.47 Å². The average molecular weight is 322 g/mol.